The highest BCUT2D eigenvalue weighted by molar-refractivity contribution is 6.02. The van der Waals surface area contributed by atoms with E-state index in [1.807, 2.05) is 37.3 Å². The molecule has 0 N–H and O–H groups in total. The number of ketones is 1. The molecular weight excluding hydrogens is 210 g/mol. The van der Waals surface area contributed by atoms with Gasteiger partial charge in [0, 0.05) is 22.6 Å². The number of pyridine rings is 1. The topological polar surface area (TPSA) is 30.0 Å². The fraction of sp³-hybridized carbons (Fsp3) is 0.333. The average Bonchev–Trinajstić information content (AvgIpc) is 3.05. The molecule has 0 bridgehead atoms. The van der Waals surface area contributed by atoms with Crippen molar-refractivity contribution in [2.45, 2.75) is 20.3 Å². The number of nitrogens with zero attached hydrogens (tertiary/aromatic N) is 1. The number of aryl methyl sites for hydroxylation is 1. The van der Waals surface area contributed by atoms with Gasteiger partial charge in [-0.2, -0.15) is 0 Å². The molecule has 1 aliphatic rings. The summed E-state index contributed by atoms with van der Waals surface area (Å²) in [5.41, 5.74) is 2.80. The smallest absolute Gasteiger partial charge is 0.166 e. The molecule has 0 aliphatic heterocycles. The van der Waals surface area contributed by atoms with Gasteiger partial charge in [0.05, 0.1) is 5.52 Å². The number of carbonyl (C=O) groups excluding carboxylic acids is 1. The van der Waals surface area contributed by atoms with Crippen LogP contribution >= 0.6 is 0 Å². The van der Waals surface area contributed by atoms with E-state index in [0.29, 0.717) is 11.7 Å². The van der Waals surface area contributed by atoms with Crippen LogP contribution in [-0.2, 0) is 0 Å². The van der Waals surface area contributed by atoms with Crippen molar-refractivity contribution in [1.29, 1.82) is 0 Å². The monoisotopic (exact) mass is 225 g/mol. The number of fused-ring (bicyclic) bond motifs is 1. The molecule has 1 heterocycles. The van der Waals surface area contributed by atoms with E-state index in [1.54, 1.807) is 0 Å². The summed E-state index contributed by atoms with van der Waals surface area (Å²) in [7, 11) is 0. The Morgan fingerprint density at radius 3 is 2.76 bits per heavy atom. The van der Waals surface area contributed by atoms with E-state index >= 15 is 0 Å². The summed E-state index contributed by atoms with van der Waals surface area (Å²) in [6.07, 6.45) is 1.04. The summed E-state index contributed by atoms with van der Waals surface area (Å²) in [5, 5.41) is 1.05. The molecule has 0 spiro atoms. The summed E-state index contributed by atoms with van der Waals surface area (Å²) >= 11 is 0. The predicted octanol–water partition coefficient (Wildman–Crippen LogP) is 3.38. The maximum Gasteiger partial charge on any atom is 0.166 e. The van der Waals surface area contributed by atoms with Crippen LogP contribution in [0.5, 0.6) is 0 Å². The highest BCUT2D eigenvalue weighted by atomic mass is 16.1. The first-order chi connectivity index (χ1) is 8.15. The lowest BCUT2D eigenvalue weighted by Gasteiger charge is -2.03. The molecule has 1 fully saturated rings. The van der Waals surface area contributed by atoms with Crippen LogP contribution in [0.2, 0.25) is 0 Å². The number of hydrogen-bond donors (Lipinski definition) is 0. The second kappa shape index (κ2) is 3.66. The van der Waals surface area contributed by atoms with Crippen molar-refractivity contribution < 1.29 is 4.79 Å². The summed E-state index contributed by atoms with van der Waals surface area (Å²) in [4.78, 5) is 16.5. The van der Waals surface area contributed by atoms with Gasteiger partial charge in [0.15, 0.2) is 5.78 Å². The van der Waals surface area contributed by atoms with E-state index < -0.39 is 0 Å². The molecule has 0 radical (unpaired) electrons. The number of benzene rings is 1. The molecule has 2 atom stereocenters. The lowest BCUT2D eigenvalue weighted by atomic mass is 10.0. The summed E-state index contributed by atoms with van der Waals surface area (Å²) in [6.45, 7) is 4.11. The highest BCUT2D eigenvalue weighted by Gasteiger charge is 2.39. The van der Waals surface area contributed by atoms with Crippen molar-refractivity contribution in [3.8, 4) is 0 Å². The normalized spacial score (nSPS) is 22.7. The number of hydrogen-bond acceptors (Lipinski definition) is 2. The van der Waals surface area contributed by atoms with Gasteiger partial charge >= 0.3 is 0 Å². The lowest BCUT2D eigenvalue weighted by Crippen LogP contribution is -2.02. The van der Waals surface area contributed by atoms with Gasteiger partial charge in [-0.3, -0.25) is 9.78 Å². The fourth-order valence-corrected chi connectivity index (χ4v) is 2.28. The minimum absolute atomic E-state index is 0.255. The maximum atomic E-state index is 12.1. The fourth-order valence-electron chi connectivity index (χ4n) is 2.28. The molecule has 1 aromatic heterocycles. The third-order valence-electron chi connectivity index (χ3n) is 3.56. The number of rotatable bonds is 2. The van der Waals surface area contributed by atoms with Crippen molar-refractivity contribution in [2.75, 3.05) is 0 Å². The zero-order chi connectivity index (χ0) is 12.0. The van der Waals surface area contributed by atoms with Crippen molar-refractivity contribution in [3.63, 3.8) is 0 Å². The van der Waals surface area contributed by atoms with Gasteiger partial charge in [-0.1, -0.05) is 13.0 Å². The number of aromatic nitrogens is 1. The van der Waals surface area contributed by atoms with Crippen LogP contribution in [0.15, 0.2) is 30.3 Å². The third kappa shape index (κ3) is 1.84. The maximum absolute atomic E-state index is 12.1. The number of carbonyl (C=O) groups is 1. The molecule has 2 nitrogen and oxygen atoms in total. The minimum Gasteiger partial charge on any atom is -0.294 e. The van der Waals surface area contributed by atoms with E-state index in [-0.39, 0.29) is 5.92 Å². The Kier molecular flexibility index (Phi) is 2.25. The molecule has 0 amide bonds. The first-order valence-corrected chi connectivity index (χ1v) is 6.07. The van der Waals surface area contributed by atoms with Crippen LogP contribution in [0.4, 0.5) is 0 Å². The Balaban J connectivity index is 2.02. The van der Waals surface area contributed by atoms with Gasteiger partial charge in [0.25, 0.3) is 0 Å². The quantitative estimate of drug-likeness (QED) is 0.733. The molecule has 2 heteroatoms. The van der Waals surface area contributed by atoms with Crippen LogP contribution in [0.3, 0.4) is 0 Å². The Morgan fingerprint density at radius 1 is 1.29 bits per heavy atom. The van der Waals surface area contributed by atoms with E-state index in [1.165, 1.54) is 0 Å². The van der Waals surface area contributed by atoms with Crippen molar-refractivity contribution >= 4 is 16.7 Å². The lowest BCUT2D eigenvalue weighted by molar-refractivity contribution is 0.0962. The molecule has 2 unspecified atom stereocenters. The molecular formula is C15H15NO. The molecule has 86 valence electrons. The second-order valence-corrected chi connectivity index (χ2v) is 5.04. The molecule has 17 heavy (non-hydrogen) atoms. The Bertz CT molecular complexity index is 603. The summed E-state index contributed by atoms with van der Waals surface area (Å²) < 4.78 is 0. The average molecular weight is 225 g/mol. The number of Topliss-reactive ketones (excluding diaryl/α,β-unsaturated/α-hetero) is 1. The highest BCUT2D eigenvalue weighted by Crippen LogP contribution is 2.40. The first-order valence-electron chi connectivity index (χ1n) is 6.07. The van der Waals surface area contributed by atoms with Gasteiger partial charge in [-0.05, 0) is 43.5 Å². The first kappa shape index (κ1) is 10.5. The molecule has 1 aromatic carbocycles. The van der Waals surface area contributed by atoms with Crippen LogP contribution < -0.4 is 0 Å². The largest absolute Gasteiger partial charge is 0.294 e. The minimum atomic E-state index is 0.255. The Morgan fingerprint density at radius 2 is 2.06 bits per heavy atom. The predicted molar refractivity (Wildman–Crippen MR) is 68.1 cm³/mol. The second-order valence-electron chi connectivity index (χ2n) is 5.04. The molecule has 1 aliphatic carbocycles. The van der Waals surface area contributed by atoms with Crippen LogP contribution in [-0.4, -0.2) is 10.8 Å². The Hall–Kier alpha value is -1.70. The van der Waals surface area contributed by atoms with Crippen LogP contribution in [0.25, 0.3) is 10.9 Å². The molecule has 3 rings (SSSR count). The third-order valence-corrected chi connectivity index (χ3v) is 3.56. The summed E-state index contributed by atoms with van der Waals surface area (Å²) in [5.74, 6) is 1.11. The Labute approximate surface area is 101 Å². The standard InChI is InChI=1S/C15H15NO/c1-9-7-13(9)15(17)12-5-6-14-11(8-12)4-3-10(2)16-14/h3-6,8-9,13H,7H2,1-2H3. The van der Waals surface area contributed by atoms with Crippen molar-refractivity contribution in [2.24, 2.45) is 11.8 Å². The zero-order valence-electron chi connectivity index (χ0n) is 10.1. The zero-order valence-corrected chi connectivity index (χ0v) is 10.1. The van der Waals surface area contributed by atoms with E-state index in [2.05, 4.69) is 11.9 Å². The van der Waals surface area contributed by atoms with E-state index in [0.717, 1.165) is 28.6 Å². The SMILES string of the molecule is Cc1ccc2cc(C(=O)C3CC3C)ccc2n1. The molecule has 1 saturated carbocycles. The van der Waals surface area contributed by atoms with Gasteiger partial charge < -0.3 is 0 Å². The van der Waals surface area contributed by atoms with Crippen molar-refractivity contribution in [3.05, 3.63) is 41.6 Å². The van der Waals surface area contributed by atoms with E-state index in [9.17, 15) is 4.79 Å². The summed E-state index contributed by atoms with van der Waals surface area (Å²) in [6, 6.07) is 9.83. The van der Waals surface area contributed by atoms with Crippen LogP contribution in [0, 0.1) is 18.8 Å². The van der Waals surface area contributed by atoms with Crippen LogP contribution in [0.1, 0.15) is 29.4 Å². The van der Waals surface area contributed by atoms with Gasteiger partial charge in [-0.15, -0.1) is 0 Å². The molecule has 2 aromatic rings. The van der Waals surface area contributed by atoms with Gasteiger partial charge in [0.1, 0.15) is 0 Å². The van der Waals surface area contributed by atoms with E-state index in [4.69, 9.17) is 0 Å². The van der Waals surface area contributed by atoms with Crippen molar-refractivity contribution in [1.82, 2.24) is 4.98 Å². The van der Waals surface area contributed by atoms with Gasteiger partial charge in [-0.25, -0.2) is 0 Å². The van der Waals surface area contributed by atoms with Gasteiger partial charge in [0.2, 0.25) is 0 Å². The molecule has 0 saturated heterocycles.